The van der Waals surface area contributed by atoms with E-state index in [2.05, 4.69) is 51.0 Å². The summed E-state index contributed by atoms with van der Waals surface area (Å²) in [6, 6.07) is 15.7. The van der Waals surface area contributed by atoms with E-state index in [0.717, 1.165) is 22.6 Å². The van der Waals surface area contributed by atoms with Gasteiger partial charge < -0.3 is 9.47 Å². The van der Waals surface area contributed by atoms with E-state index < -0.39 is 0 Å². The summed E-state index contributed by atoms with van der Waals surface area (Å²) in [5, 5.41) is 0. The Bertz CT molecular complexity index is 651. The van der Waals surface area contributed by atoms with Crippen LogP contribution in [0.5, 0.6) is 11.5 Å². The molecule has 25 heavy (non-hydrogen) atoms. The van der Waals surface area contributed by atoms with Crippen molar-refractivity contribution in [1.82, 2.24) is 0 Å². The van der Waals surface area contributed by atoms with Crippen molar-refractivity contribution >= 4 is 53.4 Å². The van der Waals surface area contributed by atoms with Crippen LogP contribution in [0.4, 0.5) is 0 Å². The van der Waals surface area contributed by atoms with Crippen LogP contribution in [-0.4, -0.2) is 38.7 Å². The van der Waals surface area contributed by atoms with Gasteiger partial charge in [-0.05, 0) is 24.3 Å². The summed E-state index contributed by atoms with van der Waals surface area (Å²) in [4.78, 5) is 8.82. The van der Waals surface area contributed by atoms with Gasteiger partial charge in [-0.25, -0.2) is 0 Å². The summed E-state index contributed by atoms with van der Waals surface area (Å²) in [7, 11) is 1.56. The molecule has 2 aromatic rings. The van der Waals surface area contributed by atoms with Gasteiger partial charge in [0, 0.05) is 23.6 Å². The van der Waals surface area contributed by atoms with Gasteiger partial charge in [-0.2, -0.15) is 0 Å². The topological polar surface area (TPSA) is 43.2 Å². The second-order valence-electron chi connectivity index (χ2n) is 4.89. The Kier molecular flexibility index (Phi) is 10.4. The molecule has 0 radical (unpaired) electrons. The molecule has 0 bridgehead atoms. The van der Waals surface area contributed by atoms with Crippen molar-refractivity contribution in [3.8, 4) is 11.5 Å². The molecule has 7 heteroatoms. The van der Waals surface area contributed by atoms with Crippen LogP contribution in [0.15, 0.2) is 58.5 Å². The summed E-state index contributed by atoms with van der Waals surface area (Å²) in [5.74, 6) is 1.67. The Morgan fingerprint density at radius 1 is 0.720 bits per heavy atom. The second kappa shape index (κ2) is 12.6. The van der Waals surface area contributed by atoms with Crippen LogP contribution in [0.3, 0.4) is 0 Å². The van der Waals surface area contributed by atoms with E-state index in [4.69, 9.17) is 9.47 Å². The Balaban J connectivity index is 0.000000701. The Morgan fingerprint density at radius 2 is 1.12 bits per heavy atom. The first-order chi connectivity index (χ1) is 12.3. The molecular formula is C18H18I2N2NiO2. The van der Waals surface area contributed by atoms with Gasteiger partial charge in [0.25, 0.3) is 0 Å². The molecule has 0 saturated carbocycles. The quantitative estimate of drug-likeness (QED) is 0.321. The number of fused-ring (bicyclic) bond motifs is 2. The number of nitrogens with zero attached hydrogens (tertiary/aromatic N) is 2. The van der Waals surface area contributed by atoms with Crippen molar-refractivity contribution in [2.75, 3.05) is 26.3 Å². The minimum absolute atomic E-state index is 0.532. The average molecular weight is 607 g/mol. The van der Waals surface area contributed by atoms with Crippen LogP contribution >= 0.6 is 41.0 Å². The maximum absolute atomic E-state index is 5.78. The van der Waals surface area contributed by atoms with Crippen LogP contribution in [0.1, 0.15) is 11.1 Å². The van der Waals surface area contributed by atoms with Crippen LogP contribution < -0.4 is 9.47 Å². The standard InChI is InChI=1S/C18H18N2O2.2HI.Ni/c1-3-7-17-15(5-1)13-19-9-12-22-18-8-4-2-6-16(18)14-20-10-11-21-17;;;/h1-8,13-14H,9-12H2;2*1H;/q;;;+2/p-2. The van der Waals surface area contributed by atoms with E-state index in [1.54, 1.807) is 8.07 Å². The number of hydrogen-bond acceptors (Lipinski definition) is 4. The van der Waals surface area contributed by atoms with Crippen molar-refractivity contribution in [3.63, 3.8) is 0 Å². The van der Waals surface area contributed by atoms with E-state index in [-0.39, 0.29) is 0 Å². The maximum atomic E-state index is 5.78. The third-order valence-corrected chi connectivity index (χ3v) is 3.25. The fourth-order valence-electron chi connectivity index (χ4n) is 2.18. The molecular weight excluding hydrogens is 589 g/mol. The van der Waals surface area contributed by atoms with Crippen molar-refractivity contribution in [2.24, 2.45) is 9.98 Å². The number of benzene rings is 2. The van der Waals surface area contributed by atoms with E-state index in [9.17, 15) is 0 Å². The van der Waals surface area contributed by atoms with Crippen molar-refractivity contribution < 1.29 is 17.5 Å². The van der Waals surface area contributed by atoms with E-state index in [1.165, 1.54) is 0 Å². The summed E-state index contributed by atoms with van der Waals surface area (Å²) >= 11 is 4.43. The minimum atomic E-state index is 0.532. The SMILES string of the molecule is C1=NCCOc2ccccc2C=NCCOc2ccccc21.[I][Ni][I]. The molecule has 4 nitrogen and oxygen atoms in total. The Labute approximate surface area is 177 Å². The molecule has 0 N–H and O–H groups in total. The molecule has 0 atom stereocenters. The monoisotopic (exact) mass is 606 g/mol. The molecule has 1 aliphatic heterocycles. The van der Waals surface area contributed by atoms with Crippen molar-refractivity contribution in [1.29, 1.82) is 0 Å². The van der Waals surface area contributed by atoms with Gasteiger partial charge in [0.2, 0.25) is 0 Å². The Morgan fingerprint density at radius 3 is 1.56 bits per heavy atom. The molecule has 136 valence electrons. The first-order valence-corrected chi connectivity index (χ1v) is 14.0. The Hall–Kier alpha value is -0.666. The zero-order valence-electron chi connectivity index (χ0n) is 13.4. The number of halogens is 2. The summed E-state index contributed by atoms with van der Waals surface area (Å²) in [6.07, 6.45) is 3.67. The van der Waals surface area contributed by atoms with Crippen LogP contribution in [-0.2, 0) is 8.07 Å². The molecule has 0 unspecified atom stereocenters. The summed E-state index contributed by atoms with van der Waals surface area (Å²) in [6.45, 7) is 2.26. The van der Waals surface area contributed by atoms with Gasteiger partial charge in [0.1, 0.15) is 24.7 Å². The van der Waals surface area contributed by atoms with E-state index >= 15 is 0 Å². The molecule has 0 spiro atoms. The first kappa shape index (κ1) is 20.6. The van der Waals surface area contributed by atoms with Gasteiger partial charge in [-0.3, -0.25) is 9.98 Å². The van der Waals surface area contributed by atoms with Crippen LogP contribution in [0, 0.1) is 0 Å². The fourth-order valence-corrected chi connectivity index (χ4v) is 2.18. The molecule has 0 fully saturated rings. The molecule has 1 heterocycles. The van der Waals surface area contributed by atoms with E-state index in [0.29, 0.717) is 26.3 Å². The molecule has 3 rings (SSSR count). The zero-order chi connectivity index (χ0) is 17.7. The zero-order valence-corrected chi connectivity index (χ0v) is 18.7. The van der Waals surface area contributed by atoms with Gasteiger partial charge in [-0.1, -0.05) is 24.3 Å². The third-order valence-electron chi connectivity index (χ3n) is 3.25. The third kappa shape index (κ3) is 7.62. The van der Waals surface area contributed by atoms with Crippen LogP contribution in [0.25, 0.3) is 0 Å². The predicted octanol–water partition coefficient (Wildman–Crippen LogP) is 4.76. The molecule has 0 amide bonds. The molecule has 2 aromatic carbocycles. The van der Waals surface area contributed by atoms with Gasteiger partial charge in [0.15, 0.2) is 0 Å². The van der Waals surface area contributed by atoms with Crippen molar-refractivity contribution in [2.45, 2.75) is 0 Å². The number of aliphatic imine (C=N–C) groups is 2. The predicted molar refractivity (Wildman–Crippen MR) is 117 cm³/mol. The average Bonchev–Trinajstić information content (AvgIpc) is 2.63. The number of para-hydroxylation sites is 2. The molecule has 0 aliphatic carbocycles. The summed E-state index contributed by atoms with van der Waals surface area (Å²) < 4.78 is 11.6. The summed E-state index contributed by atoms with van der Waals surface area (Å²) in [5.41, 5.74) is 1.95. The molecule has 0 saturated heterocycles. The number of hydrogen-bond donors (Lipinski definition) is 0. The van der Waals surface area contributed by atoms with Gasteiger partial charge >= 0.3 is 49.0 Å². The first-order valence-electron chi connectivity index (χ1n) is 7.61. The van der Waals surface area contributed by atoms with Crippen LogP contribution in [0.2, 0.25) is 0 Å². The van der Waals surface area contributed by atoms with Crippen molar-refractivity contribution in [3.05, 3.63) is 59.7 Å². The number of ether oxygens (including phenoxy) is 2. The molecule has 1 aliphatic rings. The van der Waals surface area contributed by atoms with E-state index in [1.807, 2.05) is 61.0 Å². The van der Waals surface area contributed by atoms with Gasteiger partial charge in [-0.15, -0.1) is 0 Å². The fraction of sp³-hybridized carbons (Fsp3) is 0.222. The van der Waals surface area contributed by atoms with Gasteiger partial charge in [0.05, 0.1) is 13.1 Å². The molecule has 0 aromatic heterocycles. The second-order valence-corrected chi connectivity index (χ2v) is 13.2. The normalized spacial score (nSPS) is 14.0. The number of rotatable bonds is 0.